The van der Waals surface area contributed by atoms with Gasteiger partial charge in [-0.25, -0.2) is 0 Å². The van der Waals surface area contributed by atoms with E-state index in [1.165, 1.54) is 6.34 Å². The van der Waals surface area contributed by atoms with E-state index in [0.717, 1.165) is 13.0 Å². The first-order valence-corrected chi connectivity index (χ1v) is 2.50. The van der Waals surface area contributed by atoms with E-state index >= 15 is 0 Å². The minimum atomic E-state index is 0.791. The van der Waals surface area contributed by atoms with Crippen LogP contribution < -0.4 is 5.84 Å². The summed E-state index contributed by atoms with van der Waals surface area (Å²) in [5.41, 5.74) is 0. The molecule has 0 fully saturated rings. The molecule has 0 amide bonds. The van der Waals surface area contributed by atoms with Gasteiger partial charge in [-0.05, 0) is 6.42 Å². The number of hydrogen-bond donors (Lipinski definition) is 1. The van der Waals surface area contributed by atoms with Crippen LogP contribution in [0.2, 0.25) is 0 Å². The first-order valence-electron chi connectivity index (χ1n) is 2.50. The van der Waals surface area contributed by atoms with Crippen molar-refractivity contribution >= 4 is 6.34 Å². The topological polar surface area (TPSA) is 63.1 Å². The van der Waals surface area contributed by atoms with Crippen molar-refractivity contribution in [2.75, 3.05) is 6.54 Å². The second-order valence-electron chi connectivity index (χ2n) is 1.25. The molecule has 8 heavy (non-hydrogen) atoms. The van der Waals surface area contributed by atoms with Gasteiger partial charge in [0.15, 0.2) is 0 Å². The molecule has 0 aliphatic rings. The summed E-state index contributed by atoms with van der Waals surface area (Å²) in [4.78, 5) is 3.81. The monoisotopic (exact) mass is 114 g/mol. The van der Waals surface area contributed by atoms with Crippen molar-refractivity contribution in [2.24, 2.45) is 21.2 Å². The molecule has 0 bridgehead atoms. The molecule has 0 heterocycles. The molecule has 0 saturated heterocycles. The van der Waals surface area contributed by atoms with Crippen LogP contribution in [0.15, 0.2) is 15.3 Å². The summed E-state index contributed by atoms with van der Waals surface area (Å²) in [6.07, 6.45) is 2.38. The lowest BCUT2D eigenvalue weighted by Crippen LogP contribution is -1.77. The van der Waals surface area contributed by atoms with Crippen molar-refractivity contribution < 1.29 is 0 Å². The Balaban J connectivity index is 3.07. The SMILES string of the molecule is CCCN=CN=NN. The number of rotatable bonds is 3. The number of aliphatic imine (C=N–C) groups is 1. The lowest BCUT2D eigenvalue weighted by Gasteiger charge is -1.78. The minimum Gasteiger partial charge on any atom is -0.305 e. The van der Waals surface area contributed by atoms with Gasteiger partial charge >= 0.3 is 0 Å². The van der Waals surface area contributed by atoms with Crippen LogP contribution in [0.25, 0.3) is 0 Å². The van der Waals surface area contributed by atoms with E-state index in [1.807, 2.05) is 6.92 Å². The third kappa shape index (κ3) is 5.07. The Morgan fingerprint density at radius 3 is 2.88 bits per heavy atom. The summed E-state index contributed by atoms with van der Waals surface area (Å²) in [7, 11) is 0. The van der Waals surface area contributed by atoms with Crippen LogP contribution in [0, 0.1) is 0 Å². The molecular formula is C4H10N4. The highest BCUT2D eigenvalue weighted by Crippen LogP contribution is 1.74. The Kier molecular flexibility index (Phi) is 5.36. The Morgan fingerprint density at radius 2 is 2.38 bits per heavy atom. The van der Waals surface area contributed by atoms with Gasteiger partial charge in [0.1, 0.15) is 6.34 Å². The molecule has 46 valence electrons. The van der Waals surface area contributed by atoms with Crippen molar-refractivity contribution in [2.45, 2.75) is 13.3 Å². The van der Waals surface area contributed by atoms with Crippen LogP contribution in [0.3, 0.4) is 0 Å². The molecule has 0 saturated carbocycles. The van der Waals surface area contributed by atoms with Gasteiger partial charge in [0.25, 0.3) is 0 Å². The van der Waals surface area contributed by atoms with E-state index < -0.39 is 0 Å². The van der Waals surface area contributed by atoms with Gasteiger partial charge in [0.05, 0.1) is 0 Å². The van der Waals surface area contributed by atoms with Crippen molar-refractivity contribution in [3.63, 3.8) is 0 Å². The first kappa shape index (κ1) is 7.07. The highest BCUT2D eigenvalue weighted by molar-refractivity contribution is 5.54. The molecule has 0 aromatic rings. The zero-order valence-electron chi connectivity index (χ0n) is 4.91. The molecule has 0 atom stereocenters. The summed E-state index contributed by atoms with van der Waals surface area (Å²) in [6, 6.07) is 0. The van der Waals surface area contributed by atoms with E-state index in [-0.39, 0.29) is 0 Å². The molecule has 0 aliphatic carbocycles. The maximum atomic E-state index is 4.68. The average molecular weight is 114 g/mol. The predicted molar refractivity (Wildman–Crippen MR) is 32.7 cm³/mol. The Hall–Kier alpha value is -0.930. The second-order valence-corrected chi connectivity index (χ2v) is 1.25. The molecule has 0 spiro atoms. The van der Waals surface area contributed by atoms with Crippen molar-refractivity contribution in [3.05, 3.63) is 0 Å². The lowest BCUT2D eigenvalue weighted by atomic mass is 10.5. The molecule has 4 heteroatoms. The van der Waals surface area contributed by atoms with Crippen LogP contribution in [0.4, 0.5) is 0 Å². The third-order valence-corrected chi connectivity index (χ3v) is 0.553. The van der Waals surface area contributed by atoms with Gasteiger partial charge in [-0.1, -0.05) is 12.1 Å². The zero-order chi connectivity index (χ0) is 6.24. The quantitative estimate of drug-likeness (QED) is 0.190. The van der Waals surface area contributed by atoms with E-state index in [1.54, 1.807) is 0 Å². The largest absolute Gasteiger partial charge is 0.305 e. The maximum absolute atomic E-state index is 4.68. The van der Waals surface area contributed by atoms with E-state index in [9.17, 15) is 0 Å². The summed E-state index contributed by atoms with van der Waals surface area (Å²) >= 11 is 0. The van der Waals surface area contributed by atoms with Crippen LogP contribution >= 0.6 is 0 Å². The normalized spacial score (nSPS) is 11.6. The molecule has 0 rings (SSSR count). The maximum Gasteiger partial charge on any atom is 0.134 e. The summed E-state index contributed by atoms with van der Waals surface area (Å²) in [6.45, 7) is 2.83. The Labute approximate surface area is 48.5 Å². The van der Waals surface area contributed by atoms with Gasteiger partial charge in [-0.2, -0.15) is 0 Å². The molecule has 0 aromatic carbocycles. The van der Waals surface area contributed by atoms with Crippen LogP contribution in [-0.4, -0.2) is 12.9 Å². The average Bonchev–Trinajstić information content (AvgIpc) is 1.81. The Morgan fingerprint density at radius 1 is 1.62 bits per heavy atom. The van der Waals surface area contributed by atoms with Gasteiger partial charge in [0.2, 0.25) is 0 Å². The van der Waals surface area contributed by atoms with Crippen LogP contribution in [-0.2, 0) is 0 Å². The number of nitrogens with two attached hydrogens (primary N) is 1. The Bertz CT molecular complexity index is 86.0. The molecule has 2 N–H and O–H groups in total. The van der Waals surface area contributed by atoms with Gasteiger partial charge in [-0.15, -0.1) is 5.11 Å². The molecule has 0 radical (unpaired) electrons. The molecule has 4 nitrogen and oxygen atoms in total. The van der Waals surface area contributed by atoms with E-state index in [2.05, 4.69) is 21.2 Å². The number of nitrogens with zero attached hydrogens (tertiary/aromatic N) is 3. The van der Waals surface area contributed by atoms with Gasteiger partial charge in [0, 0.05) is 6.54 Å². The third-order valence-electron chi connectivity index (χ3n) is 0.553. The van der Waals surface area contributed by atoms with Crippen molar-refractivity contribution in [1.29, 1.82) is 0 Å². The fourth-order valence-electron chi connectivity index (χ4n) is 0.253. The molecule has 0 aromatic heterocycles. The van der Waals surface area contributed by atoms with Gasteiger partial charge < -0.3 is 5.84 Å². The van der Waals surface area contributed by atoms with Crippen LogP contribution in [0.5, 0.6) is 0 Å². The van der Waals surface area contributed by atoms with Crippen LogP contribution in [0.1, 0.15) is 13.3 Å². The molecule has 0 unspecified atom stereocenters. The van der Waals surface area contributed by atoms with Crippen molar-refractivity contribution in [3.8, 4) is 0 Å². The van der Waals surface area contributed by atoms with Crippen molar-refractivity contribution in [1.82, 2.24) is 0 Å². The minimum absolute atomic E-state index is 0.791. The standard InChI is InChI=1S/C4H10N4/c1-2-3-6-4-7-8-5/h4H,2-3H2,1H3,(H2,5,6,7). The van der Waals surface area contributed by atoms with E-state index in [0.29, 0.717) is 0 Å². The number of hydrogen-bond acceptors (Lipinski definition) is 2. The highest BCUT2D eigenvalue weighted by Gasteiger charge is 1.68. The zero-order valence-corrected chi connectivity index (χ0v) is 4.91. The summed E-state index contributed by atoms with van der Waals surface area (Å²) in [5.74, 6) is 4.68. The smallest absolute Gasteiger partial charge is 0.134 e. The fourth-order valence-corrected chi connectivity index (χ4v) is 0.253. The summed E-state index contributed by atoms with van der Waals surface area (Å²) < 4.78 is 0. The lowest BCUT2D eigenvalue weighted by molar-refractivity contribution is 0.931. The first-order chi connectivity index (χ1) is 3.91. The molecule has 0 aliphatic heterocycles. The predicted octanol–water partition coefficient (Wildman–Crippen LogP) is 0.751. The second kappa shape index (κ2) is 6.07. The fraction of sp³-hybridized carbons (Fsp3) is 0.750. The van der Waals surface area contributed by atoms with E-state index in [4.69, 9.17) is 0 Å². The highest BCUT2D eigenvalue weighted by atomic mass is 15.3. The summed E-state index contributed by atoms with van der Waals surface area (Å²) in [5, 5.41) is 6.30. The molecular weight excluding hydrogens is 104 g/mol. The van der Waals surface area contributed by atoms with Gasteiger partial charge in [-0.3, -0.25) is 4.99 Å².